The molecule has 0 aliphatic carbocycles. The maximum atomic E-state index is 12.4. The minimum Gasteiger partial charge on any atom is -0.378 e. The molecule has 1 aliphatic heterocycles. The van der Waals surface area contributed by atoms with Crippen molar-refractivity contribution in [3.8, 4) is 0 Å². The first-order valence-corrected chi connectivity index (χ1v) is 7.87. The average Bonchev–Trinajstić information content (AvgIpc) is 2.94. The minimum atomic E-state index is -0.253. The number of morpholine rings is 1. The Kier molecular flexibility index (Phi) is 4.42. The summed E-state index contributed by atoms with van der Waals surface area (Å²) in [6, 6.07) is 0. The topological polar surface area (TPSA) is 85.2 Å². The molecule has 0 spiro atoms. The number of carbonyl (C=O) groups is 1. The zero-order valence-corrected chi connectivity index (χ0v) is 13.7. The van der Waals surface area contributed by atoms with Gasteiger partial charge in [-0.05, 0) is 5.92 Å². The highest BCUT2D eigenvalue weighted by molar-refractivity contribution is 5.95. The quantitative estimate of drug-likeness (QED) is 0.888. The molecule has 1 amide bonds. The van der Waals surface area contributed by atoms with Gasteiger partial charge in [-0.1, -0.05) is 13.8 Å². The number of aromatic nitrogens is 4. The van der Waals surface area contributed by atoms with Crippen LogP contribution in [0.2, 0.25) is 0 Å². The third kappa shape index (κ3) is 3.26. The second-order valence-electron chi connectivity index (χ2n) is 6.08. The molecule has 3 rings (SSSR count). The fourth-order valence-electron chi connectivity index (χ4n) is 2.50. The monoisotopic (exact) mass is 318 g/mol. The second kappa shape index (κ2) is 6.49. The number of ether oxygens (including phenoxy) is 1. The van der Waals surface area contributed by atoms with E-state index in [1.807, 2.05) is 20.9 Å². The molecular formula is C15H22N6O2. The molecule has 0 radical (unpaired) electrons. The van der Waals surface area contributed by atoms with Crippen LogP contribution in [-0.4, -0.2) is 58.5 Å². The van der Waals surface area contributed by atoms with E-state index < -0.39 is 0 Å². The lowest BCUT2D eigenvalue weighted by atomic mass is 10.2. The summed E-state index contributed by atoms with van der Waals surface area (Å²) < 4.78 is 7.06. The van der Waals surface area contributed by atoms with E-state index in [-0.39, 0.29) is 11.7 Å². The van der Waals surface area contributed by atoms with E-state index in [1.54, 1.807) is 10.9 Å². The van der Waals surface area contributed by atoms with E-state index >= 15 is 0 Å². The Morgan fingerprint density at radius 3 is 2.78 bits per heavy atom. The molecule has 1 fully saturated rings. The Hall–Kier alpha value is -2.22. The van der Waals surface area contributed by atoms with Crippen molar-refractivity contribution in [2.75, 3.05) is 37.7 Å². The molecule has 0 atom stereocenters. The summed E-state index contributed by atoms with van der Waals surface area (Å²) in [5.41, 5.74) is 0.663. The van der Waals surface area contributed by atoms with Gasteiger partial charge < -0.3 is 15.0 Å². The van der Waals surface area contributed by atoms with Gasteiger partial charge in [0, 0.05) is 26.7 Å². The smallest absolute Gasteiger partial charge is 0.289 e. The number of nitrogens with one attached hydrogen (secondary N) is 1. The number of carbonyl (C=O) groups excluding carboxylic acids is 1. The normalized spacial score (nSPS) is 15.4. The number of aryl methyl sites for hydroxylation is 1. The zero-order chi connectivity index (χ0) is 16.4. The predicted octanol–water partition coefficient (Wildman–Crippen LogP) is 0.586. The van der Waals surface area contributed by atoms with Crippen molar-refractivity contribution >= 4 is 22.8 Å². The predicted molar refractivity (Wildman–Crippen MR) is 86.5 cm³/mol. The molecule has 124 valence electrons. The standard InChI is InChI=1S/C15H22N6O2/c1-10(2)8-16-15(22)12-18-13-11(9-17-20(13)3)14(19-12)21-4-6-23-7-5-21/h9-10H,4-8H2,1-3H3,(H,16,22). The van der Waals surface area contributed by atoms with Gasteiger partial charge >= 0.3 is 0 Å². The molecular weight excluding hydrogens is 296 g/mol. The lowest BCUT2D eigenvalue weighted by molar-refractivity contribution is 0.0938. The van der Waals surface area contributed by atoms with Gasteiger partial charge in [-0.2, -0.15) is 5.10 Å². The van der Waals surface area contributed by atoms with Crippen LogP contribution in [0.4, 0.5) is 5.82 Å². The maximum absolute atomic E-state index is 12.4. The SMILES string of the molecule is CC(C)CNC(=O)c1nc(N2CCOCC2)c2cnn(C)c2n1. The third-order valence-electron chi connectivity index (χ3n) is 3.76. The number of fused-ring (bicyclic) bond motifs is 1. The van der Waals surface area contributed by atoms with E-state index in [0.29, 0.717) is 31.3 Å². The van der Waals surface area contributed by atoms with Crippen LogP contribution in [0.15, 0.2) is 6.20 Å². The molecule has 0 bridgehead atoms. The number of rotatable bonds is 4. The Morgan fingerprint density at radius 1 is 1.35 bits per heavy atom. The minimum absolute atomic E-state index is 0.184. The van der Waals surface area contributed by atoms with Crippen molar-refractivity contribution in [1.82, 2.24) is 25.1 Å². The number of anilines is 1. The molecule has 1 saturated heterocycles. The van der Waals surface area contributed by atoms with Gasteiger partial charge in [-0.25, -0.2) is 9.97 Å². The van der Waals surface area contributed by atoms with Crippen LogP contribution < -0.4 is 10.2 Å². The molecule has 8 heteroatoms. The van der Waals surface area contributed by atoms with Crippen LogP contribution in [-0.2, 0) is 11.8 Å². The summed E-state index contributed by atoms with van der Waals surface area (Å²) in [4.78, 5) is 23.4. The molecule has 1 aliphatic rings. The summed E-state index contributed by atoms with van der Waals surface area (Å²) in [5.74, 6) is 1.05. The highest BCUT2D eigenvalue weighted by Crippen LogP contribution is 2.24. The highest BCUT2D eigenvalue weighted by Gasteiger charge is 2.21. The Morgan fingerprint density at radius 2 is 2.09 bits per heavy atom. The lowest BCUT2D eigenvalue weighted by Gasteiger charge is -2.28. The molecule has 8 nitrogen and oxygen atoms in total. The van der Waals surface area contributed by atoms with Crippen LogP contribution >= 0.6 is 0 Å². The van der Waals surface area contributed by atoms with Crippen LogP contribution in [0.1, 0.15) is 24.5 Å². The van der Waals surface area contributed by atoms with E-state index in [4.69, 9.17) is 4.74 Å². The van der Waals surface area contributed by atoms with Gasteiger partial charge in [-0.15, -0.1) is 0 Å². The first-order chi connectivity index (χ1) is 11.1. The largest absolute Gasteiger partial charge is 0.378 e. The summed E-state index contributed by atoms with van der Waals surface area (Å²) >= 11 is 0. The molecule has 0 saturated carbocycles. The third-order valence-corrected chi connectivity index (χ3v) is 3.76. The van der Waals surface area contributed by atoms with E-state index in [1.165, 1.54) is 0 Å². The van der Waals surface area contributed by atoms with E-state index in [0.717, 1.165) is 24.3 Å². The van der Waals surface area contributed by atoms with Gasteiger partial charge in [-0.3, -0.25) is 9.48 Å². The summed E-state index contributed by atoms with van der Waals surface area (Å²) in [6.07, 6.45) is 1.75. The fraction of sp³-hybridized carbons (Fsp3) is 0.600. The van der Waals surface area contributed by atoms with Crippen LogP contribution in [0.3, 0.4) is 0 Å². The molecule has 2 aromatic rings. The van der Waals surface area contributed by atoms with Gasteiger partial charge in [0.25, 0.3) is 5.91 Å². The molecule has 0 unspecified atom stereocenters. The summed E-state index contributed by atoms with van der Waals surface area (Å²) in [6.45, 7) is 7.48. The van der Waals surface area contributed by atoms with Crippen LogP contribution in [0.25, 0.3) is 11.0 Å². The summed E-state index contributed by atoms with van der Waals surface area (Å²) in [7, 11) is 1.81. The van der Waals surface area contributed by atoms with Crippen molar-refractivity contribution in [2.24, 2.45) is 13.0 Å². The number of nitrogens with zero attached hydrogens (tertiary/aromatic N) is 5. The zero-order valence-electron chi connectivity index (χ0n) is 13.7. The van der Waals surface area contributed by atoms with Crippen molar-refractivity contribution < 1.29 is 9.53 Å². The molecule has 2 aromatic heterocycles. The molecule has 0 aromatic carbocycles. The Balaban J connectivity index is 1.98. The van der Waals surface area contributed by atoms with Crippen molar-refractivity contribution in [1.29, 1.82) is 0 Å². The number of amides is 1. The van der Waals surface area contributed by atoms with Crippen LogP contribution in [0, 0.1) is 5.92 Å². The van der Waals surface area contributed by atoms with E-state index in [2.05, 4.69) is 25.3 Å². The van der Waals surface area contributed by atoms with E-state index in [9.17, 15) is 4.79 Å². The lowest BCUT2D eigenvalue weighted by Crippen LogP contribution is -2.37. The van der Waals surface area contributed by atoms with Gasteiger partial charge in [0.2, 0.25) is 5.82 Å². The fourth-order valence-corrected chi connectivity index (χ4v) is 2.50. The summed E-state index contributed by atoms with van der Waals surface area (Å²) in [5, 5.41) is 7.97. The highest BCUT2D eigenvalue weighted by atomic mass is 16.5. The van der Waals surface area contributed by atoms with Gasteiger partial charge in [0.15, 0.2) is 5.65 Å². The Labute approximate surface area is 134 Å². The van der Waals surface area contributed by atoms with Crippen molar-refractivity contribution in [2.45, 2.75) is 13.8 Å². The molecule has 23 heavy (non-hydrogen) atoms. The maximum Gasteiger partial charge on any atom is 0.289 e. The second-order valence-corrected chi connectivity index (χ2v) is 6.08. The van der Waals surface area contributed by atoms with Crippen molar-refractivity contribution in [3.05, 3.63) is 12.0 Å². The first kappa shape index (κ1) is 15.7. The van der Waals surface area contributed by atoms with Gasteiger partial charge in [0.1, 0.15) is 5.82 Å². The average molecular weight is 318 g/mol. The number of hydrogen-bond donors (Lipinski definition) is 1. The Bertz CT molecular complexity index is 705. The van der Waals surface area contributed by atoms with Crippen molar-refractivity contribution in [3.63, 3.8) is 0 Å². The first-order valence-electron chi connectivity index (χ1n) is 7.87. The number of hydrogen-bond acceptors (Lipinski definition) is 6. The molecule has 1 N–H and O–H groups in total. The van der Waals surface area contributed by atoms with Crippen LogP contribution in [0.5, 0.6) is 0 Å². The molecule has 3 heterocycles. The van der Waals surface area contributed by atoms with Gasteiger partial charge in [0.05, 0.1) is 24.8 Å².